The minimum atomic E-state index is 0.228. The van der Waals surface area contributed by atoms with Crippen molar-refractivity contribution in [1.82, 2.24) is 9.88 Å². The highest BCUT2D eigenvalue weighted by atomic mass is 35.5. The Hall–Kier alpha value is -1.16. The Kier molecular flexibility index (Phi) is 4.20. The van der Waals surface area contributed by atoms with Crippen molar-refractivity contribution < 1.29 is 5.11 Å². The van der Waals surface area contributed by atoms with Gasteiger partial charge in [-0.25, -0.2) is 0 Å². The molecule has 0 saturated carbocycles. The van der Waals surface area contributed by atoms with E-state index in [1.165, 1.54) is 12.8 Å². The fourth-order valence-corrected chi connectivity index (χ4v) is 3.29. The molecule has 1 fully saturated rings. The number of aromatic nitrogens is 1. The molecule has 3 nitrogen and oxygen atoms in total. The molecule has 3 rings (SSSR count). The van der Waals surface area contributed by atoms with Gasteiger partial charge in [0.15, 0.2) is 0 Å². The van der Waals surface area contributed by atoms with Crippen molar-refractivity contribution in [2.24, 2.45) is 0 Å². The molecule has 0 radical (unpaired) electrons. The molecule has 1 atom stereocenters. The third-order valence-corrected chi connectivity index (χ3v) is 4.30. The predicted octanol–water partition coefficient (Wildman–Crippen LogP) is 3.24. The molecule has 2 heterocycles. The van der Waals surface area contributed by atoms with Gasteiger partial charge in [-0.05, 0) is 43.1 Å². The van der Waals surface area contributed by atoms with E-state index < -0.39 is 0 Å². The van der Waals surface area contributed by atoms with E-state index in [1.807, 2.05) is 30.5 Å². The maximum Gasteiger partial charge on any atom is 0.0747 e. The van der Waals surface area contributed by atoms with Gasteiger partial charge in [0.05, 0.1) is 12.1 Å². The standard InChI is InChI=1S/C16H19ClN2O/c17-14-8-12-4-3-6-18-16(12)13(9-14)10-19-7-2-1-5-15(19)11-20/h3-4,6,8-9,15,20H,1-2,5,7,10-11H2. The molecule has 2 aromatic rings. The molecule has 1 aliphatic heterocycles. The second kappa shape index (κ2) is 6.08. The Morgan fingerprint density at radius 1 is 1.35 bits per heavy atom. The maximum absolute atomic E-state index is 9.52. The number of benzene rings is 1. The van der Waals surface area contributed by atoms with Crippen molar-refractivity contribution in [1.29, 1.82) is 0 Å². The summed E-state index contributed by atoms with van der Waals surface area (Å²) >= 11 is 6.22. The van der Waals surface area contributed by atoms with Crippen LogP contribution in [-0.4, -0.2) is 34.2 Å². The second-order valence-corrected chi connectivity index (χ2v) is 5.88. The minimum Gasteiger partial charge on any atom is -0.395 e. The molecule has 4 heteroatoms. The van der Waals surface area contributed by atoms with Gasteiger partial charge in [0.2, 0.25) is 0 Å². The number of fused-ring (bicyclic) bond motifs is 1. The first-order valence-electron chi connectivity index (χ1n) is 7.16. The van der Waals surface area contributed by atoms with Gasteiger partial charge in [0.25, 0.3) is 0 Å². The number of piperidine rings is 1. The van der Waals surface area contributed by atoms with Crippen LogP contribution >= 0.6 is 11.6 Å². The monoisotopic (exact) mass is 290 g/mol. The highest BCUT2D eigenvalue weighted by Crippen LogP contribution is 2.26. The van der Waals surface area contributed by atoms with E-state index in [4.69, 9.17) is 11.6 Å². The molecule has 1 saturated heterocycles. The second-order valence-electron chi connectivity index (χ2n) is 5.44. The van der Waals surface area contributed by atoms with Crippen LogP contribution in [0.3, 0.4) is 0 Å². The lowest BCUT2D eigenvalue weighted by atomic mass is 10.0. The Morgan fingerprint density at radius 2 is 2.25 bits per heavy atom. The Labute approximate surface area is 124 Å². The van der Waals surface area contributed by atoms with Crippen molar-refractivity contribution >= 4 is 22.5 Å². The van der Waals surface area contributed by atoms with Crippen LogP contribution in [0.15, 0.2) is 30.5 Å². The van der Waals surface area contributed by atoms with Crippen molar-refractivity contribution in [3.8, 4) is 0 Å². The zero-order valence-electron chi connectivity index (χ0n) is 11.4. The van der Waals surface area contributed by atoms with Crippen molar-refractivity contribution in [3.05, 3.63) is 41.0 Å². The van der Waals surface area contributed by atoms with Gasteiger partial charge in [-0.3, -0.25) is 9.88 Å². The summed E-state index contributed by atoms with van der Waals surface area (Å²) in [6.45, 7) is 2.07. The molecule has 0 aliphatic carbocycles. The number of hydrogen-bond donors (Lipinski definition) is 1. The fraction of sp³-hybridized carbons (Fsp3) is 0.438. The number of likely N-dealkylation sites (tertiary alicyclic amines) is 1. The number of aliphatic hydroxyl groups excluding tert-OH is 1. The molecule has 20 heavy (non-hydrogen) atoms. The van der Waals surface area contributed by atoms with Gasteiger partial charge in [-0.1, -0.05) is 24.1 Å². The first-order chi connectivity index (χ1) is 9.78. The van der Waals surface area contributed by atoms with E-state index in [-0.39, 0.29) is 12.6 Å². The van der Waals surface area contributed by atoms with E-state index in [2.05, 4.69) is 9.88 Å². The van der Waals surface area contributed by atoms with E-state index in [0.717, 1.165) is 41.0 Å². The Balaban J connectivity index is 1.93. The zero-order valence-corrected chi connectivity index (χ0v) is 12.2. The first kappa shape index (κ1) is 13.8. The molecule has 0 bridgehead atoms. The smallest absolute Gasteiger partial charge is 0.0747 e. The number of rotatable bonds is 3. The highest BCUT2D eigenvalue weighted by molar-refractivity contribution is 6.31. The van der Waals surface area contributed by atoms with Crippen LogP contribution in [-0.2, 0) is 6.54 Å². The number of halogens is 1. The molecule has 1 N–H and O–H groups in total. The summed E-state index contributed by atoms with van der Waals surface area (Å²) in [6.07, 6.45) is 5.29. The van der Waals surface area contributed by atoms with Crippen LogP contribution < -0.4 is 0 Å². The van der Waals surface area contributed by atoms with Gasteiger partial charge in [0, 0.05) is 29.2 Å². The number of hydrogen-bond acceptors (Lipinski definition) is 3. The normalized spacial score (nSPS) is 20.4. The van der Waals surface area contributed by atoms with E-state index in [0.29, 0.717) is 0 Å². The number of nitrogens with zero attached hydrogens (tertiary/aromatic N) is 2. The molecular weight excluding hydrogens is 272 g/mol. The van der Waals surface area contributed by atoms with Crippen LogP contribution in [0.5, 0.6) is 0 Å². The van der Waals surface area contributed by atoms with Crippen LogP contribution in [0, 0.1) is 0 Å². The predicted molar refractivity (Wildman–Crippen MR) is 81.9 cm³/mol. The molecule has 1 aliphatic rings. The van der Waals surface area contributed by atoms with E-state index >= 15 is 0 Å². The zero-order chi connectivity index (χ0) is 13.9. The fourth-order valence-electron chi connectivity index (χ4n) is 3.04. The summed E-state index contributed by atoms with van der Waals surface area (Å²) in [5.74, 6) is 0. The van der Waals surface area contributed by atoms with Crippen LogP contribution in [0.1, 0.15) is 24.8 Å². The molecule has 1 unspecified atom stereocenters. The minimum absolute atomic E-state index is 0.228. The summed E-state index contributed by atoms with van der Waals surface area (Å²) in [4.78, 5) is 6.84. The van der Waals surface area contributed by atoms with Crippen molar-refractivity contribution in [2.75, 3.05) is 13.2 Å². The van der Waals surface area contributed by atoms with Gasteiger partial charge >= 0.3 is 0 Å². The Morgan fingerprint density at radius 3 is 3.10 bits per heavy atom. The topological polar surface area (TPSA) is 36.4 Å². The average molecular weight is 291 g/mol. The van der Waals surface area contributed by atoms with Crippen molar-refractivity contribution in [2.45, 2.75) is 31.8 Å². The summed E-state index contributed by atoms with van der Waals surface area (Å²) in [5, 5.41) is 11.3. The summed E-state index contributed by atoms with van der Waals surface area (Å²) < 4.78 is 0. The van der Waals surface area contributed by atoms with Gasteiger partial charge in [-0.15, -0.1) is 0 Å². The van der Waals surface area contributed by atoms with Crippen LogP contribution in [0.25, 0.3) is 10.9 Å². The molecule has 0 amide bonds. The Bertz CT molecular complexity index is 602. The van der Waals surface area contributed by atoms with E-state index in [9.17, 15) is 5.11 Å². The average Bonchev–Trinajstić information content (AvgIpc) is 2.47. The van der Waals surface area contributed by atoms with Gasteiger partial charge < -0.3 is 5.11 Å². The molecule has 0 spiro atoms. The SMILES string of the molecule is OCC1CCCCN1Cc1cc(Cl)cc2cccnc12. The lowest BCUT2D eigenvalue weighted by Gasteiger charge is -2.34. The number of aliphatic hydroxyl groups is 1. The van der Waals surface area contributed by atoms with Gasteiger partial charge in [-0.2, -0.15) is 0 Å². The van der Waals surface area contributed by atoms with E-state index in [1.54, 1.807) is 0 Å². The first-order valence-corrected chi connectivity index (χ1v) is 7.54. The molecule has 1 aromatic heterocycles. The lowest BCUT2D eigenvalue weighted by Crippen LogP contribution is -2.41. The summed E-state index contributed by atoms with van der Waals surface area (Å²) in [7, 11) is 0. The van der Waals surface area contributed by atoms with Crippen LogP contribution in [0.4, 0.5) is 0 Å². The summed E-state index contributed by atoms with van der Waals surface area (Å²) in [5.41, 5.74) is 2.16. The third-order valence-electron chi connectivity index (χ3n) is 4.08. The van der Waals surface area contributed by atoms with Crippen LogP contribution in [0.2, 0.25) is 5.02 Å². The quantitative estimate of drug-likeness (QED) is 0.943. The molecule has 1 aromatic carbocycles. The number of pyridine rings is 1. The maximum atomic E-state index is 9.52. The van der Waals surface area contributed by atoms with Gasteiger partial charge in [0.1, 0.15) is 0 Å². The summed E-state index contributed by atoms with van der Waals surface area (Å²) in [6, 6.07) is 8.19. The molecular formula is C16H19ClN2O. The largest absolute Gasteiger partial charge is 0.395 e. The molecule has 106 valence electrons. The van der Waals surface area contributed by atoms with Crippen molar-refractivity contribution in [3.63, 3.8) is 0 Å². The third kappa shape index (κ3) is 2.80. The highest BCUT2D eigenvalue weighted by Gasteiger charge is 2.22. The lowest BCUT2D eigenvalue weighted by molar-refractivity contribution is 0.0844.